The van der Waals surface area contributed by atoms with E-state index in [1.165, 1.54) is 0 Å². The first-order chi connectivity index (χ1) is 13.5. The normalized spacial score (nSPS) is 16.0. The van der Waals surface area contributed by atoms with E-state index in [-0.39, 0.29) is 31.1 Å². The number of Topliss-reactive ketones (excluding diaryl/α,β-unsaturated/α-hetero) is 1. The molecule has 1 unspecified atom stereocenters. The molecule has 0 aliphatic carbocycles. The zero-order chi connectivity index (χ0) is 19.9. The smallest absolute Gasteiger partial charge is 0.306 e. The Morgan fingerprint density at radius 3 is 2.54 bits per heavy atom. The van der Waals surface area contributed by atoms with Gasteiger partial charge in [0.1, 0.15) is 0 Å². The lowest BCUT2D eigenvalue weighted by Crippen LogP contribution is -2.35. The molecule has 1 aliphatic rings. The third-order valence-corrected chi connectivity index (χ3v) is 5.79. The van der Waals surface area contributed by atoms with Gasteiger partial charge in [-0.2, -0.15) is 0 Å². The van der Waals surface area contributed by atoms with E-state index in [0.29, 0.717) is 17.4 Å². The van der Waals surface area contributed by atoms with Crippen LogP contribution in [0.5, 0.6) is 0 Å². The maximum Gasteiger partial charge on any atom is 0.306 e. The number of carbonyl (C=O) groups excluding carboxylic acids is 3. The molecule has 28 heavy (non-hydrogen) atoms. The lowest BCUT2D eigenvalue weighted by molar-refractivity contribution is -0.147. The number of anilines is 1. The summed E-state index contributed by atoms with van der Waals surface area (Å²) < 4.78 is 5.14. The SMILES string of the molecule is CC1CCN(C(=O)COC(=O)CCC(=O)c2ccccc2)c2ccccc2S1. The molecule has 0 N–H and O–H groups in total. The van der Waals surface area contributed by atoms with Crippen LogP contribution in [0.3, 0.4) is 0 Å². The standard InChI is InChI=1S/C22H23NO4S/c1-16-13-14-23(18-9-5-6-10-20(18)28-16)21(25)15-27-22(26)12-11-19(24)17-7-3-2-4-8-17/h2-10,16H,11-15H2,1H3. The Morgan fingerprint density at radius 2 is 1.75 bits per heavy atom. The molecular weight excluding hydrogens is 374 g/mol. The fraction of sp³-hybridized carbons (Fsp3) is 0.318. The molecule has 2 aromatic carbocycles. The molecular formula is C22H23NO4S. The van der Waals surface area contributed by atoms with Crippen LogP contribution in [0.4, 0.5) is 5.69 Å². The number of nitrogens with zero attached hydrogens (tertiary/aromatic N) is 1. The molecule has 1 atom stereocenters. The van der Waals surface area contributed by atoms with E-state index >= 15 is 0 Å². The highest BCUT2D eigenvalue weighted by molar-refractivity contribution is 8.00. The highest BCUT2D eigenvalue weighted by atomic mass is 32.2. The summed E-state index contributed by atoms with van der Waals surface area (Å²) in [5.74, 6) is -0.898. The summed E-state index contributed by atoms with van der Waals surface area (Å²) in [7, 11) is 0. The van der Waals surface area contributed by atoms with Crippen LogP contribution in [0, 0.1) is 0 Å². The molecule has 2 aromatic rings. The van der Waals surface area contributed by atoms with Crippen LogP contribution in [0.15, 0.2) is 59.5 Å². The third kappa shape index (κ3) is 5.23. The van der Waals surface area contributed by atoms with Crippen molar-refractivity contribution in [2.75, 3.05) is 18.1 Å². The molecule has 0 spiro atoms. The van der Waals surface area contributed by atoms with E-state index in [2.05, 4.69) is 6.92 Å². The monoisotopic (exact) mass is 397 g/mol. The van der Waals surface area contributed by atoms with Gasteiger partial charge in [-0.05, 0) is 18.6 Å². The second kappa shape index (κ2) is 9.55. The number of para-hydroxylation sites is 1. The first-order valence-electron chi connectivity index (χ1n) is 9.34. The molecule has 0 saturated heterocycles. The van der Waals surface area contributed by atoms with E-state index in [0.717, 1.165) is 17.0 Å². The van der Waals surface area contributed by atoms with Crippen LogP contribution < -0.4 is 4.90 Å². The summed E-state index contributed by atoms with van der Waals surface area (Å²) in [6.07, 6.45) is 0.896. The molecule has 0 aromatic heterocycles. The van der Waals surface area contributed by atoms with Gasteiger partial charge >= 0.3 is 5.97 Å². The maximum absolute atomic E-state index is 12.7. The van der Waals surface area contributed by atoms with E-state index < -0.39 is 5.97 Å². The highest BCUT2D eigenvalue weighted by Crippen LogP contribution is 2.37. The fourth-order valence-electron chi connectivity index (χ4n) is 3.02. The van der Waals surface area contributed by atoms with Crippen molar-refractivity contribution in [2.45, 2.75) is 36.3 Å². The number of ether oxygens (including phenoxy) is 1. The number of ketones is 1. The Morgan fingerprint density at radius 1 is 1.04 bits per heavy atom. The summed E-state index contributed by atoms with van der Waals surface area (Å²) in [4.78, 5) is 39.4. The second-order valence-corrected chi connectivity index (χ2v) is 8.16. The molecule has 0 saturated carbocycles. The number of hydrogen-bond acceptors (Lipinski definition) is 5. The Labute approximate surface area is 169 Å². The highest BCUT2D eigenvalue weighted by Gasteiger charge is 2.24. The molecule has 1 amide bonds. The average molecular weight is 397 g/mol. The molecule has 0 radical (unpaired) electrons. The molecule has 146 valence electrons. The van der Waals surface area contributed by atoms with Crippen molar-refractivity contribution in [1.82, 2.24) is 0 Å². The Kier molecular flexibility index (Phi) is 6.87. The molecule has 0 bridgehead atoms. The molecule has 3 rings (SSSR count). The molecule has 5 nitrogen and oxygen atoms in total. The van der Waals surface area contributed by atoms with E-state index in [1.807, 2.05) is 30.3 Å². The van der Waals surface area contributed by atoms with Crippen molar-refractivity contribution in [3.05, 3.63) is 60.2 Å². The number of hydrogen-bond donors (Lipinski definition) is 0. The zero-order valence-corrected chi connectivity index (χ0v) is 16.6. The van der Waals surface area contributed by atoms with Crippen molar-refractivity contribution in [1.29, 1.82) is 0 Å². The zero-order valence-electron chi connectivity index (χ0n) is 15.8. The number of benzene rings is 2. The van der Waals surface area contributed by atoms with Crippen molar-refractivity contribution >= 4 is 35.1 Å². The van der Waals surface area contributed by atoms with Gasteiger partial charge in [0.2, 0.25) is 0 Å². The molecule has 1 aliphatic heterocycles. The molecule has 1 heterocycles. The first kappa shape index (κ1) is 20.1. The third-order valence-electron chi connectivity index (χ3n) is 4.55. The van der Waals surface area contributed by atoms with Gasteiger partial charge in [-0.25, -0.2) is 0 Å². The predicted molar refractivity (Wildman–Crippen MR) is 110 cm³/mol. The number of carbonyl (C=O) groups is 3. The van der Waals surface area contributed by atoms with Gasteiger partial charge in [-0.1, -0.05) is 49.4 Å². The van der Waals surface area contributed by atoms with E-state index in [1.54, 1.807) is 40.9 Å². The minimum atomic E-state index is -0.538. The Bertz CT molecular complexity index is 853. The number of rotatable bonds is 6. The topological polar surface area (TPSA) is 63.7 Å². The maximum atomic E-state index is 12.7. The molecule has 0 fully saturated rings. The number of amides is 1. The Balaban J connectivity index is 1.52. The second-order valence-electron chi connectivity index (χ2n) is 6.68. The summed E-state index contributed by atoms with van der Waals surface area (Å²) in [6.45, 7) is 2.42. The van der Waals surface area contributed by atoms with Crippen LogP contribution in [0.2, 0.25) is 0 Å². The van der Waals surface area contributed by atoms with Crippen LogP contribution in [0.1, 0.15) is 36.5 Å². The van der Waals surface area contributed by atoms with Gasteiger partial charge in [0.25, 0.3) is 5.91 Å². The van der Waals surface area contributed by atoms with E-state index in [4.69, 9.17) is 4.74 Å². The largest absolute Gasteiger partial charge is 0.456 e. The van der Waals surface area contributed by atoms with Crippen LogP contribution in [-0.2, 0) is 14.3 Å². The number of esters is 1. The van der Waals surface area contributed by atoms with Crippen LogP contribution in [0.25, 0.3) is 0 Å². The number of fused-ring (bicyclic) bond motifs is 1. The van der Waals surface area contributed by atoms with Gasteiger partial charge in [0.05, 0.1) is 12.1 Å². The minimum Gasteiger partial charge on any atom is -0.456 e. The summed E-state index contributed by atoms with van der Waals surface area (Å²) in [5, 5.41) is 0.408. The van der Waals surface area contributed by atoms with Crippen molar-refractivity contribution < 1.29 is 19.1 Å². The first-order valence-corrected chi connectivity index (χ1v) is 10.2. The summed E-state index contributed by atoms with van der Waals surface area (Å²) in [5.41, 5.74) is 1.43. The fourth-order valence-corrected chi connectivity index (χ4v) is 4.14. The summed E-state index contributed by atoms with van der Waals surface area (Å²) in [6, 6.07) is 16.6. The summed E-state index contributed by atoms with van der Waals surface area (Å²) >= 11 is 1.75. The van der Waals surface area contributed by atoms with Crippen LogP contribution >= 0.6 is 11.8 Å². The van der Waals surface area contributed by atoms with Crippen molar-refractivity contribution in [2.24, 2.45) is 0 Å². The van der Waals surface area contributed by atoms with Gasteiger partial charge < -0.3 is 9.64 Å². The van der Waals surface area contributed by atoms with Crippen molar-refractivity contribution in [3.8, 4) is 0 Å². The molecule has 6 heteroatoms. The van der Waals surface area contributed by atoms with Gasteiger partial charge in [-0.15, -0.1) is 11.8 Å². The van der Waals surface area contributed by atoms with Gasteiger partial charge in [-0.3, -0.25) is 14.4 Å². The van der Waals surface area contributed by atoms with Gasteiger partial charge in [0, 0.05) is 28.7 Å². The lowest BCUT2D eigenvalue weighted by Gasteiger charge is -2.22. The predicted octanol–water partition coefficient (Wildman–Crippen LogP) is 4.11. The number of thioether (sulfide) groups is 1. The van der Waals surface area contributed by atoms with E-state index in [9.17, 15) is 14.4 Å². The average Bonchev–Trinajstić information content (AvgIpc) is 2.89. The minimum absolute atomic E-state index is 0.0372. The van der Waals surface area contributed by atoms with Gasteiger partial charge in [0.15, 0.2) is 12.4 Å². The van der Waals surface area contributed by atoms with Crippen LogP contribution in [-0.4, -0.2) is 36.1 Å². The Hall–Kier alpha value is -2.60. The quantitative estimate of drug-likeness (QED) is 0.542. The van der Waals surface area contributed by atoms with Crippen molar-refractivity contribution in [3.63, 3.8) is 0 Å². The lowest BCUT2D eigenvalue weighted by atomic mass is 10.1.